The van der Waals surface area contributed by atoms with E-state index in [1.165, 1.54) is 11.1 Å². The number of hydrogen-bond donors (Lipinski definition) is 1. The Hall–Kier alpha value is -2.19. The molecular weight excluding hydrogens is 258 g/mol. The number of nitrogens with zero attached hydrogens (tertiary/aromatic N) is 1. The number of benzene rings is 2. The van der Waals surface area contributed by atoms with Gasteiger partial charge in [-0.15, -0.1) is 0 Å². The second-order valence-electron chi connectivity index (χ2n) is 5.78. The van der Waals surface area contributed by atoms with Gasteiger partial charge in [-0.3, -0.25) is 4.98 Å². The summed E-state index contributed by atoms with van der Waals surface area (Å²) in [4.78, 5) is 4.65. The van der Waals surface area contributed by atoms with Crippen molar-refractivity contribution in [1.29, 1.82) is 0 Å². The van der Waals surface area contributed by atoms with Crippen LogP contribution in [0.5, 0.6) is 0 Å². The lowest BCUT2D eigenvalue weighted by Crippen LogP contribution is -2.30. The van der Waals surface area contributed by atoms with Gasteiger partial charge in [0.1, 0.15) is 0 Å². The molecule has 3 aromatic rings. The fourth-order valence-electron chi connectivity index (χ4n) is 3.22. The van der Waals surface area contributed by atoms with Crippen molar-refractivity contribution < 1.29 is 5.11 Å². The van der Waals surface area contributed by atoms with Crippen molar-refractivity contribution in [2.45, 2.75) is 24.9 Å². The third-order valence-electron chi connectivity index (χ3n) is 4.43. The molecule has 0 bridgehead atoms. The van der Waals surface area contributed by atoms with E-state index in [9.17, 15) is 5.11 Å². The maximum absolute atomic E-state index is 10.5. The van der Waals surface area contributed by atoms with E-state index in [0.717, 1.165) is 23.0 Å². The first-order chi connectivity index (χ1) is 10.3. The standard InChI is InChI=1S/C19H17NO/c21-19(17-11-14-6-1-3-7-16(14)17)12-15-10-9-13-5-2-4-8-18(13)20-15/h1-10,17,19,21H,11-12H2. The third kappa shape index (κ3) is 2.22. The zero-order chi connectivity index (χ0) is 14.2. The molecule has 0 spiro atoms. The van der Waals surface area contributed by atoms with Crippen LogP contribution in [-0.2, 0) is 12.8 Å². The Bertz CT molecular complexity index is 796. The van der Waals surface area contributed by atoms with Gasteiger partial charge < -0.3 is 5.11 Å². The predicted octanol–water partition coefficient (Wildman–Crippen LogP) is 3.48. The molecule has 1 aliphatic carbocycles. The van der Waals surface area contributed by atoms with Crippen molar-refractivity contribution in [2.75, 3.05) is 0 Å². The van der Waals surface area contributed by atoms with E-state index in [-0.39, 0.29) is 12.0 Å². The smallest absolute Gasteiger partial charge is 0.0705 e. The van der Waals surface area contributed by atoms with Gasteiger partial charge in [-0.05, 0) is 29.7 Å². The maximum atomic E-state index is 10.5. The minimum absolute atomic E-state index is 0.259. The van der Waals surface area contributed by atoms with Crippen molar-refractivity contribution in [1.82, 2.24) is 4.98 Å². The summed E-state index contributed by atoms with van der Waals surface area (Å²) in [6.45, 7) is 0. The van der Waals surface area contributed by atoms with E-state index in [4.69, 9.17) is 0 Å². The Morgan fingerprint density at radius 3 is 2.71 bits per heavy atom. The molecule has 2 aromatic carbocycles. The van der Waals surface area contributed by atoms with Crippen LogP contribution < -0.4 is 0 Å². The third-order valence-corrected chi connectivity index (χ3v) is 4.43. The zero-order valence-electron chi connectivity index (χ0n) is 11.7. The summed E-state index contributed by atoms with van der Waals surface area (Å²) in [5.74, 6) is 0.259. The van der Waals surface area contributed by atoms with Crippen LogP contribution >= 0.6 is 0 Å². The largest absolute Gasteiger partial charge is 0.392 e. The highest BCUT2D eigenvalue weighted by atomic mass is 16.3. The molecule has 2 heteroatoms. The van der Waals surface area contributed by atoms with Gasteiger partial charge in [0.2, 0.25) is 0 Å². The van der Waals surface area contributed by atoms with Crippen LogP contribution in [0.4, 0.5) is 0 Å². The maximum Gasteiger partial charge on any atom is 0.0705 e. The van der Waals surface area contributed by atoms with Gasteiger partial charge in [0.15, 0.2) is 0 Å². The van der Waals surface area contributed by atoms with Gasteiger partial charge in [-0.1, -0.05) is 48.5 Å². The van der Waals surface area contributed by atoms with E-state index in [0.29, 0.717) is 6.42 Å². The van der Waals surface area contributed by atoms with Gasteiger partial charge in [0.25, 0.3) is 0 Å². The Morgan fingerprint density at radius 2 is 1.81 bits per heavy atom. The van der Waals surface area contributed by atoms with Crippen LogP contribution in [0.25, 0.3) is 10.9 Å². The average Bonchev–Trinajstić information content (AvgIpc) is 2.48. The predicted molar refractivity (Wildman–Crippen MR) is 84.3 cm³/mol. The van der Waals surface area contributed by atoms with Crippen molar-refractivity contribution in [3.63, 3.8) is 0 Å². The van der Waals surface area contributed by atoms with Crippen LogP contribution in [0.15, 0.2) is 60.7 Å². The van der Waals surface area contributed by atoms with Gasteiger partial charge >= 0.3 is 0 Å². The van der Waals surface area contributed by atoms with Crippen molar-refractivity contribution in [2.24, 2.45) is 0 Å². The average molecular weight is 275 g/mol. The number of fused-ring (bicyclic) bond motifs is 2. The van der Waals surface area contributed by atoms with Gasteiger partial charge in [0.05, 0.1) is 11.6 Å². The molecule has 0 radical (unpaired) electrons. The number of hydrogen-bond acceptors (Lipinski definition) is 2. The SMILES string of the molecule is OC(Cc1ccc2ccccc2n1)C1Cc2ccccc21. The van der Waals surface area contributed by atoms with E-state index >= 15 is 0 Å². The topological polar surface area (TPSA) is 33.1 Å². The molecule has 0 saturated heterocycles. The highest BCUT2D eigenvalue weighted by molar-refractivity contribution is 5.78. The molecule has 104 valence electrons. The second kappa shape index (κ2) is 4.97. The highest BCUT2D eigenvalue weighted by Gasteiger charge is 2.31. The summed E-state index contributed by atoms with van der Waals surface area (Å²) >= 11 is 0. The molecule has 2 nitrogen and oxygen atoms in total. The van der Waals surface area contributed by atoms with Crippen molar-refractivity contribution in [3.05, 3.63) is 77.5 Å². The number of pyridine rings is 1. The van der Waals surface area contributed by atoms with Crippen molar-refractivity contribution in [3.8, 4) is 0 Å². The molecule has 4 rings (SSSR count). The number of aliphatic hydroxyl groups excluding tert-OH is 1. The Balaban J connectivity index is 1.55. The molecule has 0 saturated carbocycles. The van der Waals surface area contributed by atoms with E-state index < -0.39 is 0 Å². The minimum atomic E-state index is -0.353. The molecule has 0 amide bonds. The normalized spacial score (nSPS) is 18.0. The number of para-hydroxylation sites is 1. The fourth-order valence-corrected chi connectivity index (χ4v) is 3.22. The zero-order valence-corrected chi connectivity index (χ0v) is 11.7. The molecule has 0 aliphatic heterocycles. The molecule has 1 aromatic heterocycles. The quantitative estimate of drug-likeness (QED) is 0.794. The number of rotatable bonds is 3. The molecule has 1 heterocycles. The summed E-state index contributed by atoms with van der Waals surface area (Å²) in [6.07, 6.45) is 1.24. The molecule has 2 unspecified atom stereocenters. The summed E-state index contributed by atoms with van der Waals surface area (Å²) in [5, 5.41) is 11.6. The Labute approximate surface area is 124 Å². The van der Waals surface area contributed by atoms with Gasteiger partial charge in [-0.2, -0.15) is 0 Å². The molecule has 1 aliphatic rings. The second-order valence-corrected chi connectivity index (χ2v) is 5.78. The lowest BCUT2D eigenvalue weighted by Gasteiger charge is -2.33. The number of aliphatic hydroxyl groups is 1. The summed E-state index contributed by atoms with van der Waals surface area (Å²) in [6, 6.07) is 20.6. The fraction of sp³-hybridized carbons (Fsp3) is 0.211. The molecule has 0 fully saturated rings. The lowest BCUT2D eigenvalue weighted by molar-refractivity contribution is 0.132. The van der Waals surface area contributed by atoms with Crippen LogP contribution in [0.1, 0.15) is 22.7 Å². The molecule has 2 atom stereocenters. The van der Waals surface area contributed by atoms with E-state index in [2.05, 4.69) is 35.3 Å². The highest BCUT2D eigenvalue weighted by Crippen LogP contribution is 2.38. The van der Waals surface area contributed by atoms with Crippen molar-refractivity contribution >= 4 is 10.9 Å². The number of aromatic nitrogens is 1. The Morgan fingerprint density at radius 1 is 1.00 bits per heavy atom. The minimum Gasteiger partial charge on any atom is -0.392 e. The monoisotopic (exact) mass is 275 g/mol. The first-order valence-electron chi connectivity index (χ1n) is 7.42. The molecular formula is C19H17NO. The van der Waals surface area contributed by atoms with E-state index in [1.807, 2.05) is 30.3 Å². The summed E-state index contributed by atoms with van der Waals surface area (Å²) in [7, 11) is 0. The van der Waals surface area contributed by atoms with Gasteiger partial charge in [-0.25, -0.2) is 0 Å². The van der Waals surface area contributed by atoms with Crippen LogP contribution in [0.2, 0.25) is 0 Å². The summed E-state index contributed by atoms with van der Waals surface area (Å²) in [5.41, 5.74) is 4.63. The van der Waals surface area contributed by atoms with Crippen LogP contribution in [-0.4, -0.2) is 16.2 Å². The van der Waals surface area contributed by atoms with Crippen LogP contribution in [0, 0.1) is 0 Å². The first kappa shape index (κ1) is 12.5. The first-order valence-corrected chi connectivity index (χ1v) is 7.42. The summed E-state index contributed by atoms with van der Waals surface area (Å²) < 4.78 is 0. The molecule has 1 N–H and O–H groups in total. The van der Waals surface area contributed by atoms with E-state index in [1.54, 1.807) is 0 Å². The van der Waals surface area contributed by atoms with Gasteiger partial charge in [0, 0.05) is 23.4 Å². The lowest BCUT2D eigenvalue weighted by atomic mass is 9.73. The molecule has 21 heavy (non-hydrogen) atoms. The van der Waals surface area contributed by atoms with Crippen LogP contribution in [0.3, 0.4) is 0 Å². The Kier molecular flexibility index (Phi) is 2.97.